The number of carboxylic acids is 1. The Kier molecular flexibility index (Phi) is 6.62. The molecule has 1 rings (SSSR count). The van der Waals surface area contributed by atoms with E-state index in [1.165, 1.54) is 12.8 Å². The Balaban J connectivity index is 2.29. The number of allylic oxidation sites excluding steroid dienone is 1. The lowest BCUT2D eigenvalue weighted by atomic mass is 10.2. The molecule has 0 radical (unpaired) electrons. The largest absolute Gasteiger partial charge is 0.493 e. The first-order valence-corrected chi connectivity index (χ1v) is 6.35. The topological polar surface area (TPSA) is 46.5 Å². The van der Waals surface area contributed by atoms with E-state index in [4.69, 9.17) is 9.84 Å². The van der Waals surface area contributed by atoms with E-state index in [0.29, 0.717) is 12.4 Å². The fourth-order valence-corrected chi connectivity index (χ4v) is 1.52. The van der Waals surface area contributed by atoms with Gasteiger partial charge in [0.1, 0.15) is 5.75 Å². The van der Waals surface area contributed by atoms with Crippen LogP contribution in [0, 0.1) is 0 Å². The molecule has 18 heavy (non-hydrogen) atoms. The minimum atomic E-state index is -0.931. The molecule has 0 saturated heterocycles. The third kappa shape index (κ3) is 5.53. The molecule has 0 aliphatic carbocycles. The molecule has 3 heteroatoms. The number of benzene rings is 1. The summed E-state index contributed by atoms with van der Waals surface area (Å²) in [6.07, 6.45) is 8.67. The number of aromatic carboxylic acids is 1. The van der Waals surface area contributed by atoms with Crippen LogP contribution in [0.2, 0.25) is 0 Å². The van der Waals surface area contributed by atoms with Crippen molar-refractivity contribution in [2.75, 3.05) is 6.61 Å². The van der Waals surface area contributed by atoms with Gasteiger partial charge in [0.2, 0.25) is 0 Å². The molecule has 0 spiro atoms. The second kappa shape index (κ2) is 8.34. The van der Waals surface area contributed by atoms with Crippen LogP contribution >= 0.6 is 0 Å². The van der Waals surface area contributed by atoms with Gasteiger partial charge in [0, 0.05) is 0 Å². The van der Waals surface area contributed by atoms with E-state index in [-0.39, 0.29) is 5.56 Å². The zero-order valence-corrected chi connectivity index (χ0v) is 10.8. The number of ether oxygens (including phenoxy) is 1. The van der Waals surface area contributed by atoms with E-state index in [0.717, 1.165) is 12.8 Å². The van der Waals surface area contributed by atoms with Gasteiger partial charge in [0.05, 0.1) is 12.2 Å². The van der Waals surface area contributed by atoms with Crippen LogP contribution in [-0.2, 0) is 0 Å². The summed E-state index contributed by atoms with van der Waals surface area (Å²) in [5.41, 5.74) is 0.256. The maximum absolute atomic E-state index is 10.8. The second-order valence-corrected chi connectivity index (χ2v) is 4.08. The molecule has 0 aliphatic rings. The Bertz CT molecular complexity index is 396. The van der Waals surface area contributed by atoms with E-state index in [9.17, 15) is 4.79 Å². The smallest absolute Gasteiger partial charge is 0.335 e. The first kappa shape index (κ1) is 14.3. The van der Waals surface area contributed by atoms with Crippen molar-refractivity contribution in [3.05, 3.63) is 42.0 Å². The molecule has 0 amide bonds. The number of rotatable bonds is 8. The molecule has 0 aliphatic heterocycles. The highest BCUT2D eigenvalue weighted by atomic mass is 16.5. The summed E-state index contributed by atoms with van der Waals surface area (Å²) in [5.74, 6) is -0.322. The molecular formula is C15H20O3. The van der Waals surface area contributed by atoms with Gasteiger partial charge in [-0.3, -0.25) is 0 Å². The van der Waals surface area contributed by atoms with Crippen LogP contribution in [0.15, 0.2) is 36.4 Å². The van der Waals surface area contributed by atoms with Crippen LogP contribution in [-0.4, -0.2) is 17.7 Å². The van der Waals surface area contributed by atoms with E-state index in [1.807, 2.05) is 0 Å². The van der Waals surface area contributed by atoms with Crippen LogP contribution in [0.4, 0.5) is 0 Å². The number of carbonyl (C=O) groups is 1. The minimum Gasteiger partial charge on any atom is -0.493 e. The summed E-state index contributed by atoms with van der Waals surface area (Å²) in [6, 6.07) is 6.56. The maximum atomic E-state index is 10.8. The fourth-order valence-electron chi connectivity index (χ4n) is 1.52. The molecule has 98 valence electrons. The molecule has 1 aromatic rings. The van der Waals surface area contributed by atoms with E-state index < -0.39 is 5.97 Å². The average molecular weight is 248 g/mol. The second-order valence-electron chi connectivity index (χ2n) is 4.08. The van der Waals surface area contributed by atoms with Crippen LogP contribution in [0.1, 0.15) is 43.0 Å². The number of carboxylic acid groups (broad SMARTS) is 1. The van der Waals surface area contributed by atoms with Gasteiger partial charge in [0.25, 0.3) is 0 Å². The third-order valence-corrected chi connectivity index (χ3v) is 2.53. The van der Waals surface area contributed by atoms with Gasteiger partial charge in [0.15, 0.2) is 0 Å². The zero-order valence-electron chi connectivity index (χ0n) is 10.8. The SMILES string of the molecule is CCCC/C=C/CCOc1cccc(C(=O)O)c1. The predicted molar refractivity (Wildman–Crippen MR) is 72.2 cm³/mol. The molecule has 0 saturated carbocycles. The highest BCUT2D eigenvalue weighted by Crippen LogP contribution is 2.13. The normalized spacial score (nSPS) is 10.7. The Labute approximate surface area is 108 Å². The van der Waals surface area contributed by atoms with E-state index >= 15 is 0 Å². The minimum absolute atomic E-state index is 0.256. The monoisotopic (exact) mass is 248 g/mol. The first-order chi connectivity index (χ1) is 8.74. The highest BCUT2D eigenvalue weighted by molar-refractivity contribution is 5.87. The van der Waals surface area contributed by atoms with Crippen molar-refractivity contribution in [2.24, 2.45) is 0 Å². The van der Waals surface area contributed by atoms with Crippen molar-refractivity contribution in [3.8, 4) is 5.75 Å². The van der Waals surface area contributed by atoms with Gasteiger partial charge in [-0.2, -0.15) is 0 Å². The summed E-state index contributed by atoms with van der Waals surface area (Å²) < 4.78 is 5.49. The first-order valence-electron chi connectivity index (χ1n) is 6.35. The molecule has 0 bridgehead atoms. The Hall–Kier alpha value is -1.77. The molecule has 0 fully saturated rings. The van der Waals surface area contributed by atoms with E-state index in [2.05, 4.69) is 19.1 Å². The van der Waals surface area contributed by atoms with Crippen LogP contribution in [0.5, 0.6) is 5.75 Å². The quantitative estimate of drug-likeness (QED) is 0.560. The summed E-state index contributed by atoms with van der Waals surface area (Å²) >= 11 is 0. The van der Waals surface area contributed by atoms with Crippen molar-refractivity contribution in [3.63, 3.8) is 0 Å². The summed E-state index contributed by atoms with van der Waals surface area (Å²) in [6.45, 7) is 2.75. The molecule has 3 nitrogen and oxygen atoms in total. The average Bonchev–Trinajstić information content (AvgIpc) is 2.38. The van der Waals surface area contributed by atoms with Gasteiger partial charge < -0.3 is 9.84 Å². The lowest BCUT2D eigenvalue weighted by Crippen LogP contribution is -1.99. The standard InChI is InChI=1S/C15H20O3/c1-2-3-4-5-6-7-11-18-14-10-8-9-13(12-14)15(16)17/h5-6,8-10,12H,2-4,7,11H2,1H3,(H,16,17)/b6-5+. The third-order valence-electron chi connectivity index (χ3n) is 2.53. The van der Waals surface area contributed by atoms with Crippen molar-refractivity contribution in [1.29, 1.82) is 0 Å². The molecule has 1 aromatic carbocycles. The van der Waals surface area contributed by atoms with Crippen LogP contribution in [0.25, 0.3) is 0 Å². The van der Waals surface area contributed by atoms with Crippen molar-refractivity contribution in [1.82, 2.24) is 0 Å². The number of hydrogen-bond acceptors (Lipinski definition) is 2. The molecule has 0 atom stereocenters. The van der Waals surface area contributed by atoms with E-state index in [1.54, 1.807) is 24.3 Å². The molecular weight excluding hydrogens is 228 g/mol. The maximum Gasteiger partial charge on any atom is 0.335 e. The Morgan fingerprint density at radius 3 is 2.83 bits per heavy atom. The molecule has 0 heterocycles. The summed E-state index contributed by atoms with van der Waals surface area (Å²) in [7, 11) is 0. The summed E-state index contributed by atoms with van der Waals surface area (Å²) in [5, 5.41) is 8.83. The fraction of sp³-hybridized carbons (Fsp3) is 0.400. The zero-order chi connectivity index (χ0) is 13.2. The number of hydrogen-bond donors (Lipinski definition) is 1. The predicted octanol–water partition coefficient (Wildman–Crippen LogP) is 3.90. The lowest BCUT2D eigenvalue weighted by Gasteiger charge is -2.04. The van der Waals surface area contributed by atoms with Crippen LogP contribution < -0.4 is 4.74 Å². The molecule has 0 aromatic heterocycles. The van der Waals surface area contributed by atoms with Crippen molar-refractivity contribution < 1.29 is 14.6 Å². The number of unbranched alkanes of at least 4 members (excludes halogenated alkanes) is 2. The lowest BCUT2D eigenvalue weighted by molar-refractivity contribution is 0.0696. The van der Waals surface area contributed by atoms with Gasteiger partial charge in [-0.05, 0) is 31.0 Å². The molecule has 0 unspecified atom stereocenters. The van der Waals surface area contributed by atoms with Gasteiger partial charge >= 0.3 is 5.97 Å². The van der Waals surface area contributed by atoms with Crippen molar-refractivity contribution in [2.45, 2.75) is 32.6 Å². The Morgan fingerprint density at radius 1 is 1.33 bits per heavy atom. The summed E-state index contributed by atoms with van der Waals surface area (Å²) in [4.78, 5) is 10.8. The van der Waals surface area contributed by atoms with Gasteiger partial charge in [-0.25, -0.2) is 4.79 Å². The molecule has 1 N–H and O–H groups in total. The van der Waals surface area contributed by atoms with Gasteiger partial charge in [-0.15, -0.1) is 0 Å². The van der Waals surface area contributed by atoms with Gasteiger partial charge in [-0.1, -0.05) is 38.0 Å². The highest BCUT2D eigenvalue weighted by Gasteiger charge is 2.02. The van der Waals surface area contributed by atoms with Crippen LogP contribution in [0.3, 0.4) is 0 Å². The Morgan fingerprint density at radius 2 is 2.11 bits per heavy atom. The van der Waals surface area contributed by atoms with Crippen molar-refractivity contribution >= 4 is 5.97 Å².